The Morgan fingerprint density at radius 1 is 0.967 bits per heavy atom. The van der Waals surface area contributed by atoms with Gasteiger partial charge in [-0.25, -0.2) is 14.5 Å². The topological polar surface area (TPSA) is 95.7 Å². The van der Waals surface area contributed by atoms with E-state index in [1.54, 1.807) is 56.6 Å². The smallest absolute Gasteiger partial charge is 0.245 e. The minimum Gasteiger partial charge on any atom is -0.493 e. The second kappa shape index (κ2) is 8.15. The van der Waals surface area contributed by atoms with Gasteiger partial charge in [-0.3, -0.25) is 4.98 Å². The van der Waals surface area contributed by atoms with Crippen LogP contribution in [-0.4, -0.2) is 45.9 Å². The maximum Gasteiger partial charge on any atom is 0.245 e. The van der Waals surface area contributed by atoms with Crippen molar-refractivity contribution in [3.8, 4) is 28.6 Å². The van der Waals surface area contributed by atoms with Crippen molar-refractivity contribution in [1.29, 1.82) is 0 Å². The molecule has 30 heavy (non-hydrogen) atoms. The summed E-state index contributed by atoms with van der Waals surface area (Å²) in [4.78, 5) is 13.3. The van der Waals surface area contributed by atoms with Crippen LogP contribution >= 0.6 is 15.9 Å². The van der Waals surface area contributed by atoms with E-state index in [1.165, 1.54) is 0 Å². The number of hydrogen-bond acceptors (Lipinski definition) is 8. The van der Waals surface area contributed by atoms with Crippen molar-refractivity contribution in [2.75, 3.05) is 26.6 Å². The first-order valence-corrected chi connectivity index (χ1v) is 9.73. The molecule has 154 valence electrons. The Morgan fingerprint density at radius 3 is 2.33 bits per heavy atom. The summed E-state index contributed by atoms with van der Waals surface area (Å²) < 4.78 is 18.8. The number of benzene rings is 1. The molecule has 4 aromatic rings. The predicted molar refractivity (Wildman–Crippen MR) is 116 cm³/mol. The number of ether oxygens (including phenoxy) is 3. The standard InChI is InChI=1S/C20H19BrN6O3/c1-11-15-10-23-20(25-14-6-16(28-2)18(30-4)17(7-14)29-3)26-27(15)19(24-11)12-5-13(21)9-22-8-12/h5-10H,1-4H3,(H,25,26). The quantitative estimate of drug-likeness (QED) is 0.451. The lowest BCUT2D eigenvalue weighted by molar-refractivity contribution is 0.324. The van der Waals surface area contributed by atoms with Gasteiger partial charge in [0.1, 0.15) is 5.52 Å². The zero-order chi connectivity index (χ0) is 21.3. The van der Waals surface area contributed by atoms with Crippen molar-refractivity contribution in [2.45, 2.75) is 6.92 Å². The minimum absolute atomic E-state index is 0.387. The molecule has 1 N–H and O–H groups in total. The molecular weight excluding hydrogens is 452 g/mol. The summed E-state index contributed by atoms with van der Waals surface area (Å²) in [5, 5.41) is 7.81. The average Bonchev–Trinajstić information content (AvgIpc) is 3.09. The SMILES string of the molecule is COc1cc(Nc2ncc3c(C)nc(-c4cncc(Br)c4)n3n2)cc(OC)c1OC. The summed E-state index contributed by atoms with van der Waals surface area (Å²) >= 11 is 3.45. The Kier molecular flexibility index (Phi) is 5.40. The maximum absolute atomic E-state index is 5.41. The van der Waals surface area contributed by atoms with Crippen LogP contribution in [0, 0.1) is 6.92 Å². The number of anilines is 2. The van der Waals surface area contributed by atoms with Crippen molar-refractivity contribution >= 4 is 33.1 Å². The van der Waals surface area contributed by atoms with Crippen LogP contribution in [0.15, 0.2) is 41.3 Å². The number of aryl methyl sites for hydroxylation is 1. The van der Waals surface area contributed by atoms with E-state index < -0.39 is 0 Å². The molecule has 0 unspecified atom stereocenters. The van der Waals surface area contributed by atoms with E-state index in [4.69, 9.17) is 14.2 Å². The number of fused-ring (bicyclic) bond motifs is 1. The molecule has 1 aromatic carbocycles. The lowest BCUT2D eigenvalue weighted by Gasteiger charge is -2.14. The van der Waals surface area contributed by atoms with Crippen molar-refractivity contribution < 1.29 is 14.2 Å². The molecule has 3 aromatic heterocycles. The normalized spacial score (nSPS) is 10.8. The van der Waals surface area contributed by atoms with E-state index in [0.717, 1.165) is 21.2 Å². The third kappa shape index (κ3) is 3.61. The summed E-state index contributed by atoms with van der Waals surface area (Å²) in [5.41, 5.74) is 3.15. The average molecular weight is 471 g/mol. The molecule has 0 aliphatic rings. The number of methoxy groups -OCH3 is 3. The van der Waals surface area contributed by atoms with E-state index in [-0.39, 0.29) is 0 Å². The molecule has 10 heteroatoms. The first-order chi connectivity index (χ1) is 14.5. The van der Waals surface area contributed by atoms with Crippen LogP contribution in [-0.2, 0) is 0 Å². The molecule has 0 radical (unpaired) electrons. The molecule has 0 atom stereocenters. The van der Waals surface area contributed by atoms with Crippen molar-refractivity contribution in [3.63, 3.8) is 0 Å². The fraction of sp³-hybridized carbons (Fsp3) is 0.200. The highest BCUT2D eigenvalue weighted by Crippen LogP contribution is 2.40. The zero-order valence-corrected chi connectivity index (χ0v) is 18.4. The monoisotopic (exact) mass is 470 g/mol. The van der Waals surface area contributed by atoms with Gasteiger partial charge in [0.05, 0.1) is 33.2 Å². The van der Waals surface area contributed by atoms with Crippen LogP contribution in [0.5, 0.6) is 17.2 Å². The molecule has 0 saturated carbocycles. The summed E-state index contributed by atoms with van der Waals surface area (Å²) in [6, 6.07) is 5.51. The Labute approximate surface area is 181 Å². The minimum atomic E-state index is 0.387. The number of hydrogen-bond donors (Lipinski definition) is 1. The first kappa shape index (κ1) is 19.9. The molecule has 3 heterocycles. The second-order valence-corrected chi connectivity index (χ2v) is 7.25. The molecule has 0 aliphatic carbocycles. The highest BCUT2D eigenvalue weighted by Gasteiger charge is 2.16. The number of nitrogens with zero attached hydrogens (tertiary/aromatic N) is 5. The zero-order valence-electron chi connectivity index (χ0n) is 16.8. The van der Waals surface area contributed by atoms with E-state index >= 15 is 0 Å². The maximum atomic E-state index is 5.41. The van der Waals surface area contributed by atoms with Gasteiger partial charge >= 0.3 is 0 Å². The summed E-state index contributed by atoms with van der Waals surface area (Å²) in [5.74, 6) is 2.63. The lowest BCUT2D eigenvalue weighted by atomic mass is 10.2. The van der Waals surface area contributed by atoms with Gasteiger partial charge in [0, 0.05) is 40.2 Å². The van der Waals surface area contributed by atoms with E-state index in [1.807, 2.05) is 13.0 Å². The van der Waals surface area contributed by atoms with E-state index in [9.17, 15) is 0 Å². The van der Waals surface area contributed by atoms with Crippen molar-refractivity contribution in [2.24, 2.45) is 0 Å². The van der Waals surface area contributed by atoms with E-state index in [0.29, 0.717) is 34.7 Å². The fourth-order valence-electron chi connectivity index (χ4n) is 3.08. The number of halogens is 1. The number of rotatable bonds is 6. The molecule has 0 amide bonds. The van der Waals surface area contributed by atoms with Crippen LogP contribution < -0.4 is 19.5 Å². The molecule has 0 fully saturated rings. The van der Waals surface area contributed by atoms with Crippen molar-refractivity contribution in [1.82, 2.24) is 24.6 Å². The summed E-state index contributed by atoms with van der Waals surface area (Å²) in [6.45, 7) is 1.92. The Bertz CT molecular complexity index is 1200. The van der Waals surface area contributed by atoms with Gasteiger partial charge in [0.25, 0.3) is 0 Å². The van der Waals surface area contributed by atoms with Crippen LogP contribution in [0.1, 0.15) is 5.69 Å². The molecule has 0 bridgehead atoms. The second-order valence-electron chi connectivity index (χ2n) is 6.33. The Hall–Kier alpha value is -3.40. The van der Waals surface area contributed by atoms with Crippen molar-refractivity contribution in [3.05, 3.63) is 47.0 Å². The Morgan fingerprint density at radius 2 is 1.70 bits per heavy atom. The molecule has 9 nitrogen and oxygen atoms in total. The van der Waals surface area contributed by atoms with Gasteiger partial charge in [0.15, 0.2) is 17.3 Å². The molecular formula is C20H19BrN6O3. The van der Waals surface area contributed by atoms with Gasteiger partial charge in [-0.1, -0.05) is 0 Å². The van der Waals surface area contributed by atoms with Gasteiger partial charge in [0.2, 0.25) is 11.7 Å². The van der Waals surface area contributed by atoms with Gasteiger partial charge in [-0.15, -0.1) is 5.10 Å². The molecule has 0 saturated heterocycles. The number of nitrogens with one attached hydrogen (secondary N) is 1. The first-order valence-electron chi connectivity index (χ1n) is 8.94. The Balaban J connectivity index is 1.77. The van der Waals surface area contributed by atoms with Gasteiger partial charge < -0.3 is 19.5 Å². The van der Waals surface area contributed by atoms with Crippen LogP contribution in [0.3, 0.4) is 0 Å². The summed E-state index contributed by atoms with van der Waals surface area (Å²) in [6.07, 6.45) is 5.19. The largest absolute Gasteiger partial charge is 0.493 e. The lowest BCUT2D eigenvalue weighted by Crippen LogP contribution is -2.04. The van der Waals surface area contributed by atoms with Crippen LogP contribution in [0.2, 0.25) is 0 Å². The number of aromatic nitrogens is 5. The van der Waals surface area contributed by atoms with E-state index in [2.05, 4.69) is 41.3 Å². The number of imidazole rings is 1. The fourth-order valence-corrected chi connectivity index (χ4v) is 3.45. The third-order valence-corrected chi connectivity index (χ3v) is 4.89. The van der Waals surface area contributed by atoms with Crippen LogP contribution in [0.4, 0.5) is 11.6 Å². The highest BCUT2D eigenvalue weighted by molar-refractivity contribution is 9.10. The van der Waals surface area contributed by atoms with Gasteiger partial charge in [-0.2, -0.15) is 0 Å². The summed E-state index contributed by atoms with van der Waals surface area (Å²) in [7, 11) is 4.69. The van der Waals surface area contributed by atoms with Crippen LogP contribution in [0.25, 0.3) is 16.9 Å². The highest BCUT2D eigenvalue weighted by atomic mass is 79.9. The predicted octanol–water partition coefficient (Wildman–Crippen LogP) is 4.03. The molecule has 4 rings (SSSR count). The number of pyridine rings is 1. The molecule has 0 aliphatic heterocycles. The third-order valence-electron chi connectivity index (χ3n) is 4.46. The van der Waals surface area contributed by atoms with Gasteiger partial charge in [-0.05, 0) is 28.9 Å². The molecule has 0 spiro atoms.